The summed E-state index contributed by atoms with van der Waals surface area (Å²) in [6.07, 6.45) is 2.42. The number of hydrogen-bond donors (Lipinski definition) is 3. The SMILES string of the molecule is N=CC(=CN)c1ccc(Cl)c(O)c1. The molecule has 0 unspecified atom stereocenters. The van der Waals surface area contributed by atoms with Crippen LogP contribution in [0, 0.1) is 5.41 Å². The molecular weight excluding hydrogens is 188 g/mol. The highest BCUT2D eigenvalue weighted by atomic mass is 35.5. The lowest BCUT2D eigenvalue weighted by atomic mass is 10.1. The zero-order valence-electron chi connectivity index (χ0n) is 6.79. The molecular formula is C9H9ClN2O. The van der Waals surface area contributed by atoms with E-state index in [4.69, 9.17) is 22.7 Å². The van der Waals surface area contributed by atoms with E-state index in [1.165, 1.54) is 12.3 Å². The van der Waals surface area contributed by atoms with Crippen molar-refractivity contribution >= 4 is 23.4 Å². The van der Waals surface area contributed by atoms with Crippen LogP contribution in [0.25, 0.3) is 5.57 Å². The van der Waals surface area contributed by atoms with Gasteiger partial charge in [0, 0.05) is 18.0 Å². The van der Waals surface area contributed by atoms with Gasteiger partial charge in [0.1, 0.15) is 5.75 Å². The lowest BCUT2D eigenvalue weighted by molar-refractivity contribution is 0.475. The number of nitrogens with one attached hydrogen (secondary N) is 1. The molecule has 13 heavy (non-hydrogen) atoms. The van der Waals surface area contributed by atoms with Crippen LogP contribution in [-0.2, 0) is 0 Å². The van der Waals surface area contributed by atoms with Gasteiger partial charge in [-0.25, -0.2) is 0 Å². The number of benzene rings is 1. The Balaban J connectivity index is 3.17. The molecule has 4 heteroatoms. The van der Waals surface area contributed by atoms with Crippen LogP contribution in [0.1, 0.15) is 5.56 Å². The lowest BCUT2D eigenvalue weighted by Gasteiger charge is -2.02. The van der Waals surface area contributed by atoms with Crippen LogP contribution in [0.5, 0.6) is 5.75 Å². The summed E-state index contributed by atoms with van der Waals surface area (Å²) < 4.78 is 0. The third kappa shape index (κ3) is 2.00. The third-order valence-electron chi connectivity index (χ3n) is 1.61. The number of phenols is 1. The molecule has 0 aliphatic carbocycles. The van der Waals surface area contributed by atoms with Gasteiger partial charge < -0.3 is 16.2 Å². The summed E-state index contributed by atoms with van der Waals surface area (Å²) in [6.45, 7) is 0. The second kappa shape index (κ2) is 3.96. The summed E-state index contributed by atoms with van der Waals surface area (Å²) in [7, 11) is 0. The normalized spacial score (nSPS) is 11.3. The number of halogens is 1. The Morgan fingerprint density at radius 1 is 1.54 bits per heavy atom. The third-order valence-corrected chi connectivity index (χ3v) is 1.93. The van der Waals surface area contributed by atoms with Crippen molar-refractivity contribution in [3.63, 3.8) is 0 Å². The number of allylic oxidation sites excluding steroid dienone is 1. The van der Waals surface area contributed by atoms with E-state index in [9.17, 15) is 5.11 Å². The minimum Gasteiger partial charge on any atom is -0.506 e. The van der Waals surface area contributed by atoms with Gasteiger partial charge >= 0.3 is 0 Å². The van der Waals surface area contributed by atoms with Crippen LogP contribution < -0.4 is 5.73 Å². The van der Waals surface area contributed by atoms with Crippen LogP contribution >= 0.6 is 11.6 Å². The van der Waals surface area contributed by atoms with Crippen molar-refractivity contribution in [2.75, 3.05) is 0 Å². The van der Waals surface area contributed by atoms with Crippen LogP contribution in [0.4, 0.5) is 0 Å². The van der Waals surface area contributed by atoms with Crippen molar-refractivity contribution in [2.24, 2.45) is 5.73 Å². The monoisotopic (exact) mass is 196 g/mol. The Labute approximate surface area is 81.0 Å². The van der Waals surface area contributed by atoms with E-state index in [0.29, 0.717) is 11.1 Å². The fourth-order valence-corrected chi connectivity index (χ4v) is 1.04. The fraction of sp³-hybridized carbons (Fsp3) is 0. The Morgan fingerprint density at radius 3 is 2.69 bits per heavy atom. The molecule has 0 bridgehead atoms. The van der Waals surface area contributed by atoms with Gasteiger partial charge in [-0.05, 0) is 17.7 Å². The number of hydrogen-bond acceptors (Lipinski definition) is 3. The van der Waals surface area contributed by atoms with Crippen molar-refractivity contribution in [3.8, 4) is 5.75 Å². The van der Waals surface area contributed by atoms with Crippen LogP contribution in [0.2, 0.25) is 5.02 Å². The molecule has 1 rings (SSSR count). The van der Waals surface area contributed by atoms with E-state index in [1.54, 1.807) is 12.1 Å². The van der Waals surface area contributed by atoms with Crippen molar-refractivity contribution in [1.29, 1.82) is 5.41 Å². The largest absolute Gasteiger partial charge is 0.506 e. The molecule has 0 saturated carbocycles. The zero-order valence-corrected chi connectivity index (χ0v) is 7.55. The lowest BCUT2D eigenvalue weighted by Crippen LogP contribution is -1.90. The summed E-state index contributed by atoms with van der Waals surface area (Å²) in [4.78, 5) is 0. The first-order valence-electron chi connectivity index (χ1n) is 3.60. The molecule has 0 spiro atoms. The van der Waals surface area contributed by atoms with Crippen LogP contribution in [0.15, 0.2) is 24.4 Å². The maximum Gasteiger partial charge on any atom is 0.134 e. The summed E-state index contributed by atoms with van der Waals surface area (Å²) in [6, 6.07) is 4.71. The number of nitrogens with two attached hydrogens (primary N) is 1. The average Bonchev–Trinajstić information content (AvgIpc) is 2.13. The first-order valence-corrected chi connectivity index (χ1v) is 3.98. The number of rotatable bonds is 2. The van der Waals surface area contributed by atoms with Crippen molar-refractivity contribution in [1.82, 2.24) is 0 Å². The maximum atomic E-state index is 9.26. The first-order chi connectivity index (χ1) is 6.19. The second-order valence-electron chi connectivity index (χ2n) is 2.43. The predicted octanol–water partition coefficient (Wildman–Crippen LogP) is 1.99. The summed E-state index contributed by atoms with van der Waals surface area (Å²) in [5, 5.41) is 16.6. The van der Waals surface area contributed by atoms with E-state index in [1.807, 2.05) is 0 Å². The molecule has 0 aliphatic heterocycles. The molecule has 0 amide bonds. The average molecular weight is 197 g/mol. The molecule has 0 fully saturated rings. The van der Waals surface area contributed by atoms with Crippen molar-refractivity contribution < 1.29 is 5.11 Å². The molecule has 0 radical (unpaired) electrons. The van der Waals surface area contributed by atoms with E-state index < -0.39 is 0 Å². The fourth-order valence-electron chi connectivity index (χ4n) is 0.920. The van der Waals surface area contributed by atoms with Crippen LogP contribution in [-0.4, -0.2) is 11.3 Å². The Kier molecular flexibility index (Phi) is 2.93. The van der Waals surface area contributed by atoms with Gasteiger partial charge in [-0.3, -0.25) is 0 Å². The predicted molar refractivity (Wildman–Crippen MR) is 54.1 cm³/mol. The van der Waals surface area contributed by atoms with E-state index in [-0.39, 0.29) is 10.8 Å². The van der Waals surface area contributed by atoms with Gasteiger partial charge in [0.2, 0.25) is 0 Å². The highest BCUT2D eigenvalue weighted by Gasteiger charge is 2.02. The number of aromatic hydroxyl groups is 1. The Morgan fingerprint density at radius 2 is 2.23 bits per heavy atom. The molecule has 1 aromatic rings. The molecule has 0 saturated heterocycles. The van der Waals surface area contributed by atoms with E-state index in [0.717, 1.165) is 6.21 Å². The van der Waals surface area contributed by atoms with E-state index in [2.05, 4.69) is 0 Å². The molecule has 1 aromatic carbocycles. The smallest absolute Gasteiger partial charge is 0.134 e. The van der Waals surface area contributed by atoms with Gasteiger partial charge in [-0.2, -0.15) is 0 Å². The molecule has 0 aliphatic rings. The summed E-state index contributed by atoms with van der Waals surface area (Å²) in [5.74, 6) is -0.0135. The van der Waals surface area contributed by atoms with Gasteiger partial charge in [0.25, 0.3) is 0 Å². The second-order valence-corrected chi connectivity index (χ2v) is 2.84. The zero-order chi connectivity index (χ0) is 9.84. The van der Waals surface area contributed by atoms with Crippen molar-refractivity contribution in [3.05, 3.63) is 35.0 Å². The minimum atomic E-state index is -0.0135. The molecule has 68 valence electrons. The van der Waals surface area contributed by atoms with Gasteiger partial charge in [0.05, 0.1) is 5.02 Å². The standard InChI is InChI=1S/C9H9ClN2O/c10-8-2-1-6(3-9(8)13)7(4-11)5-12/h1-5,11,13H,12H2. The highest BCUT2D eigenvalue weighted by Crippen LogP contribution is 2.26. The van der Waals surface area contributed by atoms with Gasteiger partial charge in [-0.15, -0.1) is 0 Å². The maximum absolute atomic E-state index is 9.26. The van der Waals surface area contributed by atoms with E-state index >= 15 is 0 Å². The first kappa shape index (κ1) is 9.61. The molecule has 3 nitrogen and oxygen atoms in total. The van der Waals surface area contributed by atoms with Gasteiger partial charge in [-0.1, -0.05) is 17.7 Å². The molecule has 4 N–H and O–H groups in total. The van der Waals surface area contributed by atoms with Crippen LogP contribution in [0.3, 0.4) is 0 Å². The number of phenolic OH excluding ortho intramolecular Hbond substituents is 1. The van der Waals surface area contributed by atoms with Gasteiger partial charge in [0.15, 0.2) is 0 Å². The quantitative estimate of drug-likeness (QED) is 0.634. The Bertz CT molecular complexity index is 361. The summed E-state index contributed by atoms with van der Waals surface area (Å²) >= 11 is 5.61. The molecule has 0 heterocycles. The molecule has 0 atom stereocenters. The van der Waals surface area contributed by atoms with Crippen molar-refractivity contribution in [2.45, 2.75) is 0 Å². The minimum absolute atomic E-state index is 0.0135. The highest BCUT2D eigenvalue weighted by molar-refractivity contribution is 6.32. The molecule has 0 aromatic heterocycles. The topological polar surface area (TPSA) is 70.1 Å². The Hall–Kier alpha value is -1.48. The summed E-state index contributed by atoms with van der Waals surface area (Å²) in [5.41, 5.74) is 6.48.